The molecule has 1 N–H and O–H groups in total. The fraction of sp³-hybridized carbons (Fsp3) is 0.174. The van der Waals surface area contributed by atoms with Gasteiger partial charge in [0.05, 0.1) is 7.11 Å². The molecule has 0 bridgehead atoms. The molecular weight excluding hydrogens is 322 g/mol. The lowest BCUT2D eigenvalue weighted by molar-refractivity contribution is -0.143. The summed E-state index contributed by atoms with van der Waals surface area (Å²) in [5, 5.41) is 3.57. The van der Waals surface area contributed by atoms with Gasteiger partial charge >= 0.3 is 5.97 Å². The number of carbonyl (C=O) groups excluding carboxylic acids is 1. The van der Waals surface area contributed by atoms with Crippen LogP contribution in [0.1, 0.15) is 28.7 Å². The number of ether oxygens (including phenoxy) is 1. The number of carbonyl (C=O) groups is 1. The monoisotopic (exact) mass is 345 g/mol. The van der Waals surface area contributed by atoms with Gasteiger partial charge in [-0.15, -0.1) is 0 Å². The van der Waals surface area contributed by atoms with Crippen molar-refractivity contribution < 1.29 is 9.53 Å². The zero-order valence-electron chi connectivity index (χ0n) is 14.8. The Bertz CT molecular complexity index is 803. The lowest BCUT2D eigenvalue weighted by Gasteiger charge is -2.27. The van der Waals surface area contributed by atoms with Gasteiger partial charge in [0.1, 0.15) is 5.92 Å². The van der Waals surface area contributed by atoms with E-state index in [-0.39, 0.29) is 12.0 Å². The van der Waals surface area contributed by atoms with Crippen molar-refractivity contribution in [3.8, 4) is 0 Å². The maximum absolute atomic E-state index is 12.7. The van der Waals surface area contributed by atoms with E-state index < -0.39 is 5.92 Å². The Morgan fingerprint density at radius 1 is 0.808 bits per heavy atom. The predicted molar refractivity (Wildman–Crippen MR) is 104 cm³/mol. The van der Waals surface area contributed by atoms with Crippen molar-refractivity contribution in [3.05, 3.63) is 108 Å². The molecular formula is C23H23NO2. The molecule has 0 saturated heterocycles. The van der Waals surface area contributed by atoms with Crippen molar-refractivity contribution >= 4 is 5.97 Å². The number of rotatable bonds is 7. The Morgan fingerprint density at radius 3 is 1.85 bits per heavy atom. The van der Waals surface area contributed by atoms with Gasteiger partial charge in [-0.3, -0.25) is 4.79 Å². The van der Waals surface area contributed by atoms with E-state index in [1.165, 1.54) is 12.7 Å². The molecule has 0 aromatic heterocycles. The number of esters is 1. The predicted octanol–water partition coefficient (Wildman–Crippen LogP) is 4.47. The first kappa shape index (κ1) is 17.9. The van der Waals surface area contributed by atoms with Gasteiger partial charge in [0.2, 0.25) is 0 Å². The van der Waals surface area contributed by atoms with E-state index in [1.807, 2.05) is 78.9 Å². The SMILES string of the molecule is COC(=O)[C@@H](c1ccccc1)[C@H](NCc1ccccc1)c1ccccc1. The summed E-state index contributed by atoms with van der Waals surface area (Å²) in [6, 6.07) is 29.8. The minimum absolute atomic E-state index is 0.189. The highest BCUT2D eigenvalue weighted by atomic mass is 16.5. The quantitative estimate of drug-likeness (QED) is 0.642. The zero-order chi connectivity index (χ0) is 18.2. The molecule has 0 spiro atoms. The Balaban J connectivity index is 1.95. The van der Waals surface area contributed by atoms with Gasteiger partial charge in [-0.25, -0.2) is 0 Å². The molecule has 3 aromatic carbocycles. The minimum Gasteiger partial charge on any atom is -0.468 e. The van der Waals surface area contributed by atoms with E-state index in [9.17, 15) is 4.79 Å². The summed E-state index contributed by atoms with van der Waals surface area (Å²) >= 11 is 0. The topological polar surface area (TPSA) is 38.3 Å². The lowest BCUT2D eigenvalue weighted by Crippen LogP contribution is -2.32. The molecule has 26 heavy (non-hydrogen) atoms. The molecule has 0 radical (unpaired) electrons. The highest BCUT2D eigenvalue weighted by Gasteiger charge is 2.31. The van der Waals surface area contributed by atoms with Gasteiger partial charge in [0.15, 0.2) is 0 Å². The lowest BCUT2D eigenvalue weighted by atomic mass is 9.86. The van der Waals surface area contributed by atoms with E-state index in [0.29, 0.717) is 6.54 Å². The zero-order valence-corrected chi connectivity index (χ0v) is 14.8. The van der Waals surface area contributed by atoms with Gasteiger partial charge in [0.25, 0.3) is 0 Å². The first-order valence-electron chi connectivity index (χ1n) is 8.74. The van der Waals surface area contributed by atoms with Crippen LogP contribution in [0.15, 0.2) is 91.0 Å². The van der Waals surface area contributed by atoms with E-state index >= 15 is 0 Å². The summed E-state index contributed by atoms with van der Waals surface area (Å²) in [6.07, 6.45) is 0. The summed E-state index contributed by atoms with van der Waals surface area (Å²) in [7, 11) is 1.44. The Hall–Kier alpha value is -2.91. The molecule has 2 atom stereocenters. The van der Waals surface area contributed by atoms with Crippen LogP contribution < -0.4 is 5.32 Å². The first-order valence-corrected chi connectivity index (χ1v) is 8.74. The van der Waals surface area contributed by atoms with Gasteiger partial charge in [-0.1, -0.05) is 91.0 Å². The van der Waals surface area contributed by atoms with Gasteiger partial charge < -0.3 is 10.1 Å². The second-order valence-electron chi connectivity index (χ2n) is 6.17. The van der Waals surface area contributed by atoms with Gasteiger partial charge in [0, 0.05) is 12.6 Å². The first-order chi connectivity index (χ1) is 12.8. The summed E-state index contributed by atoms with van der Waals surface area (Å²) in [4.78, 5) is 12.7. The van der Waals surface area contributed by atoms with Crippen LogP contribution in [0.2, 0.25) is 0 Å². The molecule has 132 valence electrons. The van der Waals surface area contributed by atoms with Crippen LogP contribution in [-0.2, 0) is 16.1 Å². The fourth-order valence-corrected chi connectivity index (χ4v) is 3.16. The molecule has 0 aliphatic carbocycles. The summed E-state index contributed by atoms with van der Waals surface area (Å²) in [6.45, 7) is 0.667. The third-order valence-corrected chi connectivity index (χ3v) is 4.47. The van der Waals surface area contributed by atoms with Crippen molar-refractivity contribution in [1.82, 2.24) is 5.32 Å². The highest BCUT2D eigenvalue weighted by Crippen LogP contribution is 2.32. The van der Waals surface area contributed by atoms with Gasteiger partial charge in [-0.05, 0) is 16.7 Å². The molecule has 0 saturated carbocycles. The normalized spacial score (nSPS) is 13.0. The second kappa shape index (κ2) is 8.97. The molecule has 3 aromatic rings. The number of nitrogens with one attached hydrogen (secondary N) is 1. The maximum Gasteiger partial charge on any atom is 0.315 e. The van der Waals surface area contributed by atoms with Crippen LogP contribution in [0.3, 0.4) is 0 Å². The molecule has 0 unspecified atom stereocenters. The number of hydrogen-bond acceptors (Lipinski definition) is 3. The van der Waals surface area contributed by atoms with E-state index in [2.05, 4.69) is 17.4 Å². The standard InChI is InChI=1S/C23H23NO2/c1-26-23(25)21(19-13-7-3-8-14-19)22(20-15-9-4-10-16-20)24-17-18-11-5-2-6-12-18/h2-16,21-22,24H,17H2,1H3/t21-,22+/m0/s1. The van der Waals surface area contributed by atoms with Crippen LogP contribution >= 0.6 is 0 Å². The minimum atomic E-state index is -0.424. The van der Waals surface area contributed by atoms with Crippen molar-refractivity contribution in [2.45, 2.75) is 18.5 Å². The molecule has 0 heterocycles. The number of methoxy groups -OCH3 is 1. The molecule has 0 fully saturated rings. The molecule has 0 amide bonds. The molecule has 3 rings (SSSR count). The third-order valence-electron chi connectivity index (χ3n) is 4.47. The Kier molecular flexibility index (Phi) is 6.18. The smallest absolute Gasteiger partial charge is 0.315 e. The van der Waals surface area contributed by atoms with Gasteiger partial charge in [-0.2, -0.15) is 0 Å². The van der Waals surface area contributed by atoms with Crippen molar-refractivity contribution in [3.63, 3.8) is 0 Å². The fourth-order valence-electron chi connectivity index (χ4n) is 3.16. The third kappa shape index (κ3) is 4.38. The summed E-state index contributed by atoms with van der Waals surface area (Å²) < 4.78 is 5.14. The largest absolute Gasteiger partial charge is 0.468 e. The summed E-state index contributed by atoms with van der Waals surface area (Å²) in [5.74, 6) is -0.669. The van der Waals surface area contributed by atoms with E-state index in [0.717, 1.165) is 11.1 Å². The van der Waals surface area contributed by atoms with Crippen molar-refractivity contribution in [1.29, 1.82) is 0 Å². The highest BCUT2D eigenvalue weighted by molar-refractivity contribution is 5.79. The van der Waals surface area contributed by atoms with Crippen LogP contribution in [0.4, 0.5) is 0 Å². The Labute approximate surface area is 154 Å². The van der Waals surface area contributed by atoms with E-state index in [1.54, 1.807) is 0 Å². The number of hydrogen-bond donors (Lipinski definition) is 1. The number of benzene rings is 3. The summed E-state index contributed by atoms with van der Waals surface area (Å²) in [5.41, 5.74) is 3.17. The molecule has 3 heteroatoms. The van der Waals surface area contributed by atoms with Crippen LogP contribution in [0, 0.1) is 0 Å². The van der Waals surface area contributed by atoms with Crippen molar-refractivity contribution in [2.75, 3.05) is 7.11 Å². The van der Waals surface area contributed by atoms with Crippen LogP contribution in [-0.4, -0.2) is 13.1 Å². The molecule has 0 aliphatic rings. The van der Waals surface area contributed by atoms with E-state index in [4.69, 9.17) is 4.74 Å². The van der Waals surface area contributed by atoms with Crippen LogP contribution in [0.25, 0.3) is 0 Å². The van der Waals surface area contributed by atoms with Crippen molar-refractivity contribution in [2.24, 2.45) is 0 Å². The second-order valence-corrected chi connectivity index (χ2v) is 6.17. The average molecular weight is 345 g/mol. The van der Waals surface area contributed by atoms with Crippen LogP contribution in [0.5, 0.6) is 0 Å². The Morgan fingerprint density at radius 2 is 1.31 bits per heavy atom. The average Bonchev–Trinajstić information content (AvgIpc) is 2.72. The molecule has 3 nitrogen and oxygen atoms in total. The molecule has 0 aliphatic heterocycles. The maximum atomic E-state index is 12.7.